The number of nitrogens with zero attached hydrogens (tertiary/aromatic N) is 6. The number of pyridine rings is 1. The van der Waals surface area contributed by atoms with Crippen LogP contribution < -0.4 is 10.9 Å². The highest BCUT2D eigenvalue weighted by molar-refractivity contribution is 6.37. The maximum absolute atomic E-state index is 13.6. The number of amides is 1. The molecule has 1 aliphatic heterocycles. The molecule has 204 valence electrons. The summed E-state index contributed by atoms with van der Waals surface area (Å²) >= 11 is 12.9. The number of nitrogens with one attached hydrogen (secondary N) is 1. The van der Waals surface area contributed by atoms with Gasteiger partial charge in [-0.1, -0.05) is 41.4 Å². The molecule has 1 spiro atoms. The lowest BCUT2D eigenvalue weighted by Gasteiger charge is -2.34. The average Bonchev–Trinajstić information content (AvgIpc) is 3.73. The quantitative estimate of drug-likeness (QED) is 0.290. The van der Waals surface area contributed by atoms with Crippen molar-refractivity contribution in [2.45, 2.75) is 31.7 Å². The van der Waals surface area contributed by atoms with E-state index in [0.29, 0.717) is 29.4 Å². The zero-order valence-corrected chi connectivity index (χ0v) is 23.4. The van der Waals surface area contributed by atoms with Crippen LogP contribution in [-0.4, -0.2) is 42.1 Å². The second-order valence-corrected chi connectivity index (χ2v) is 11.3. The van der Waals surface area contributed by atoms with Gasteiger partial charge in [0.1, 0.15) is 16.9 Å². The number of benzene rings is 2. The number of aromatic nitrogens is 5. The van der Waals surface area contributed by atoms with Crippen molar-refractivity contribution in [3.63, 3.8) is 0 Å². The van der Waals surface area contributed by atoms with Crippen molar-refractivity contribution in [3.05, 3.63) is 98.5 Å². The molecule has 1 fully saturated rings. The first kappa shape index (κ1) is 25.6. The van der Waals surface area contributed by atoms with Crippen molar-refractivity contribution >= 4 is 51.6 Å². The first-order valence-corrected chi connectivity index (χ1v) is 13.9. The number of carbonyl (C=O) groups is 1. The fourth-order valence-corrected chi connectivity index (χ4v) is 6.12. The highest BCUT2D eigenvalue weighted by atomic mass is 35.5. The van der Waals surface area contributed by atoms with Crippen molar-refractivity contribution in [3.8, 4) is 17.1 Å². The smallest absolute Gasteiger partial charge is 0.282 e. The lowest BCUT2D eigenvalue weighted by atomic mass is 9.86. The summed E-state index contributed by atoms with van der Waals surface area (Å²) in [4.78, 5) is 41.4. The molecule has 0 unspecified atom stereocenters. The summed E-state index contributed by atoms with van der Waals surface area (Å²) in [5.41, 5.74) is 4.32. The molecular formula is C30H23Cl2N7O2. The van der Waals surface area contributed by atoms with Gasteiger partial charge in [0, 0.05) is 43.5 Å². The highest BCUT2D eigenvalue weighted by Crippen LogP contribution is 2.52. The van der Waals surface area contributed by atoms with Crippen molar-refractivity contribution in [2.75, 3.05) is 11.9 Å². The Morgan fingerprint density at radius 3 is 2.54 bits per heavy atom. The molecule has 2 aromatic carbocycles. The summed E-state index contributed by atoms with van der Waals surface area (Å²) in [6, 6.07) is 16.6. The second kappa shape index (κ2) is 9.64. The molecule has 1 aliphatic carbocycles. The van der Waals surface area contributed by atoms with Crippen LogP contribution in [0.3, 0.4) is 0 Å². The molecule has 3 aromatic heterocycles. The van der Waals surface area contributed by atoms with Crippen molar-refractivity contribution < 1.29 is 4.79 Å². The number of anilines is 2. The molecule has 11 heteroatoms. The topological polar surface area (TPSA) is 106 Å². The largest absolute Gasteiger partial charge is 0.338 e. The van der Waals surface area contributed by atoms with E-state index in [1.54, 1.807) is 43.5 Å². The van der Waals surface area contributed by atoms with E-state index < -0.39 is 5.56 Å². The molecule has 4 heterocycles. The predicted molar refractivity (Wildman–Crippen MR) is 158 cm³/mol. The predicted octanol–water partition coefficient (Wildman–Crippen LogP) is 5.68. The van der Waals surface area contributed by atoms with Gasteiger partial charge >= 0.3 is 0 Å². The Hall–Kier alpha value is -4.34. The van der Waals surface area contributed by atoms with Crippen molar-refractivity contribution in [1.82, 2.24) is 29.6 Å². The molecule has 0 saturated heterocycles. The van der Waals surface area contributed by atoms with E-state index in [9.17, 15) is 9.59 Å². The first-order valence-electron chi connectivity index (χ1n) is 13.1. The van der Waals surface area contributed by atoms with Crippen LogP contribution in [-0.2, 0) is 16.8 Å². The molecule has 0 radical (unpaired) electrons. The zero-order valence-electron chi connectivity index (χ0n) is 21.9. The number of carbonyl (C=O) groups excluding carboxylic acids is 1. The number of para-hydroxylation sites is 1. The van der Waals surface area contributed by atoms with Gasteiger partial charge < -0.3 is 10.2 Å². The van der Waals surface area contributed by atoms with Gasteiger partial charge in [0.05, 0.1) is 21.1 Å². The molecule has 9 nitrogen and oxygen atoms in total. The van der Waals surface area contributed by atoms with Crippen LogP contribution in [0.1, 0.15) is 30.9 Å². The normalized spacial score (nSPS) is 15.1. The lowest BCUT2D eigenvalue weighted by Crippen LogP contribution is -2.40. The Morgan fingerprint density at radius 2 is 1.83 bits per heavy atom. The Morgan fingerprint density at radius 1 is 1.02 bits per heavy atom. The fourth-order valence-electron chi connectivity index (χ4n) is 5.57. The monoisotopic (exact) mass is 583 g/mol. The van der Waals surface area contributed by atoms with Crippen LogP contribution in [0.5, 0.6) is 0 Å². The third kappa shape index (κ3) is 4.42. The van der Waals surface area contributed by atoms with E-state index >= 15 is 0 Å². The Kier molecular flexibility index (Phi) is 6.02. The van der Waals surface area contributed by atoms with Crippen molar-refractivity contribution in [1.29, 1.82) is 0 Å². The summed E-state index contributed by atoms with van der Waals surface area (Å²) < 4.78 is 1.17. The Bertz CT molecular complexity index is 1900. The number of rotatable bonds is 4. The minimum absolute atomic E-state index is 0.0743. The van der Waals surface area contributed by atoms with E-state index in [1.165, 1.54) is 16.4 Å². The number of hydrogen-bond donors (Lipinski definition) is 1. The van der Waals surface area contributed by atoms with Crippen molar-refractivity contribution in [2.24, 2.45) is 0 Å². The molecular weight excluding hydrogens is 561 g/mol. The average molecular weight is 584 g/mol. The molecule has 0 atom stereocenters. The van der Waals surface area contributed by atoms with Crippen LogP contribution in [0.25, 0.3) is 28.0 Å². The lowest BCUT2D eigenvalue weighted by molar-refractivity contribution is -0.130. The number of fused-ring (bicyclic) bond motifs is 3. The van der Waals surface area contributed by atoms with Crippen LogP contribution in [0.4, 0.5) is 11.6 Å². The summed E-state index contributed by atoms with van der Waals surface area (Å²) in [7, 11) is 0. The zero-order chi connectivity index (χ0) is 28.3. The third-order valence-electron chi connectivity index (χ3n) is 7.78. The standard InChI is InChI=1S/C30H23Cl2N7O2/c1-17(40)38-15-18-13-19(8-9-21(18)30(16-38)10-11-30)35-29-34-14-20-25(36-29)26(24-7-2-3-12-33-24)37-39(28(20)41)27-22(31)5-4-6-23(27)32/h2-9,12-14H,10-11,15-16H2,1H3,(H,34,35,36). The molecule has 7 rings (SSSR count). The number of halogens is 2. The maximum atomic E-state index is 13.6. The molecule has 1 amide bonds. The molecule has 41 heavy (non-hydrogen) atoms. The molecule has 5 aromatic rings. The Labute approximate surface area is 244 Å². The van der Waals surface area contributed by atoms with Gasteiger partial charge in [-0.2, -0.15) is 9.78 Å². The van der Waals surface area contributed by atoms with Crippen LogP contribution in [0.2, 0.25) is 10.0 Å². The third-order valence-corrected chi connectivity index (χ3v) is 8.39. The van der Waals surface area contributed by atoms with E-state index in [1.807, 2.05) is 23.1 Å². The van der Waals surface area contributed by atoms with Crippen LogP contribution in [0.15, 0.2) is 71.8 Å². The molecule has 1 N–H and O–H groups in total. The Balaban J connectivity index is 1.33. The maximum Gasteiger partial charge on any atom is 0.282 e. The number of hydrogen-bond acceptors (Lipinski definition) is 7. The van der Waals surface area contributed by atoms with Gasteiger partial charge in [0.25, 0.3) is 5.56 Å². The van der Waals surface area contributed by atoms with Gasteiger partial charge in [-0.15, -0.1) is 0 Å². The summed E-state index contributed by atoms with van der Waals surface area (Å²) in [5.74, 6) is 0.376. The summed E-state index contributed by atoms with van der Waals surface area (Å²) in [6.45, 7) is 2.96. The van der Waals surface area contributed by atoms with Gasteiger partial charge in [-0.3, -0.25) is 14.6 Å². The van der Waals surface area contributed by atoms with E-state index in [0.717, 1.165) is 30.6 Å². The van der Waals surface area contributed by atoms with Gasteiger partial charge in [-0.25, -0.2) is 9.97 Å². The van der Waals surface area contributed by atoms with E-state index in [4.69, 9.17) is 28.2 Å². The minimum atomic E-state index is -0.464. The van der Waals surface area contributed by atoms with E-state index in [2.05, 4.69) is 26.4 Å². The van der Waals surface area contributed by atoms with E-state index in [-0.39, 0.29) is 32.4 Å². The van der Waals surface area contributed by atoms with Gasteiger partial charge in [0.15, 0.2) is 0 Å². The van der Waals surface area contributed by atoms with Gasteiger partial charge in [-0.05, 0) is 60.4 Å². The molecule has 1 saturated carbocycles. The van der Waals surface area contributed by atoms with Crippen LogP contribution >= 0.6 is 23.2 Å². The minimum Gasteiger partial charge on any atom is -0.338 e. The summed E-state index contributed by atoms with van der Waals surface area (Å²) in [6.07, 6.45) is 5.29. The van der Waals surface area contributed by atoms with Gasteiger partial charge in [0.2, 0.25) is 11.9 Å². The fraction of sp³-hybridized carbons (Fsp3) is 0.200. The second-order valence-electron chi connectivity index (χ2n) is 10.5. The SMILES string of the molecule is CC(=O)N1Cc2cc(Nc3ncc4c(=O)n(-c5c(Cl)cccc5Cl)nc(-c5ccccn5)c4n3)ccc2C2(CC2)C1. The van der Waals surface area contributed by atoms with Crippen LogP contribution in [0, 0.1) is 0 Å². The molecule has 2 aliphatic rings. The molecule has 0 bridgehead atoms. The summed E-state index contributed by atoms with van der Waals surface area (Å²) in [5, 5.41) is 8.70. The first-order chi connectivity index (χ1) is 19.8. The highest BCUT2D eigenvalue weighted by Gasteiger charge is 2.49.